The van der Waals surface area contributed by atoms with E-state index in [0.29, 0.717) is 11.8 Å². The summed E-state index contributed by atoms with van der Waals surface area (Å²) in [5.41, 5.74) is 2.29. The molecule has 1 aliphatic heterocycles. The molecule has 174 valence electrons. The number of carbonyl (C=O) groups is 1. The zero-order valence-corrected chi connectivity index (χ0v) is 20.6. The SMILES string of the molecule is CCN(CC)c1ccc(-c2nnc(SCC(=O)N3CCCC4CCCCC43)n2CC)cc1. The molecule has 0 N–H and O–H groups in total. The topological polar surface area (TPSA) is 54.3 Å². The number of hydrogen-bond acceptors (Lipinski definition) is 5. The first kappa shape index (κ1) is 23.1. The molecule has 0 radical (unpaired) electrons. The number of amides is 1. The molecule has 2 fully saturated rings. The number of hydrogen-bond donors (Lipinski definition) is 0. The van der Waals surface area contributed by atoms with Gasteiger partial charge in [0.2, 0.25) is 5.91 Å². The first-order valence-corrected chi connectivity index (χ1v) is 13.4. The van der Waals surface area contributed by atoms with E-state index in [1.807, 2.05) is 0 Å². The van der Waals surface area contributed by atoms with Crippen LogP contribution in [0.1, 0.15) is 59.3 Å². The third-order valence-electron chi connectivity index (χ3n) is 7.18. The molecule has 6 nitrogen and oxygen atoms in total. The molecule has 2 aromatic rings. The molecule has 0 spiro atoms. The molecule has 1 amide bonds. The van der Waals surface area contributed by atoms with Gasteiger partial charge in [0.05, 0.1) is 5.75 Å². The highest BCUT2D eigenvalue weighted by Crippen LogP contribution is 2.36. The molecule has 1 aliphatic carbocycles. The fraction of sp³-hybridized carbons (Fsp3) is 0.640. The molecule has 2 unspecified atom stereocenters. The van der Waals surface area contributed by atoms with Crippen molar-refractivity contribution in [3.63, 3.8) is 0 Å². The smallest absolute Gasteiger partial charge is 0.233 e. The molecule has 7 heteroatoms. The summed E-state index contributed by atoms with van der Waals surface area (Å²) in [6, 6.07) is 9.03. The largest absolute Gasteiger partial charge is 0.372 e. The first-order chi connectivity index (χ1) is 15.7. The molecule has 0 bridgehead atoms. The summed E-state index contributed by atoms with van der Waals surface area (Å²) in [5.74, 6) is 2.31. The maximum absolute atomic E-state index is 13.1. The van der Waals surface area contributed by atoms with Crippen molar-refractivity contribution in [2.75, 3.05) is 30.3 Å². The average Bonchev–Trinajstić information content (AvgIpc) is 3.26. The summed E-state index contributed by atoms with van der Waals surface area (Å²) >= 11 is 1.53. The molecule has 2 atom stereocenters. The maximum Gasteiger partial charge on any atom is 0.233 e. The van der Waals surface area contributed by atoms with Crippen molar-refractivity contribution in [3.8, 4) is 11.4 Å². The summed E-state index contributed by atoms with van der Waals surface area (Å²) < 4.78 is 2.13. The zero-order chi connectivity index (χ0) is 22.5. The van der Waals surface area contributed by atoms with E-state index in [1.165, 1.54) is 49.6 Å². The summed E-state index contributed by atoms with van der Waals surface area (Å²) in [6.07, 6.45) is 7.51. The van der Waals surface area contributed by atoms with E-state index < -0.39 is 0 Å². The van der Waals surface area contributed by atoms with Crippen LogP contribution in [0, 0.1) is 5.92 Å². The van der Waals surface area contributed by atoms with Gasteiger partial charge < -0.3 is 14.4 Å². The number of benzene rings is 1. The standard InChI is InChI=1S/C25H37N5OS/c1-4-28(5-2)21-15-13-20(14-16-21)24-26-27-25(29(24)6-3)32-18-23(31)30-17-9-11-19-10-7-8-12-22(19)30/h13-16,19,22H,4-12,17-18H2,1-3H3. The third-order valence-corrected chi connectivity index (χ3v) is 8.13. The van der Waals surface area contributed by atoms with Gasteiger partial charge in [-0.25, -0.2) is 0 Å². The van der Waals surface area contributed by atoms with Crippen molar-refractivity contribution in [2.45, 2.75) is 77.0 Å². The summed E-state index contributed by atoms with van der Waals surface area (Å²) in [7, 11) is 0. The second kappa shape index (κ2) is 10.7. The lowest BCUT2D eigenvalue weighted by Crippen LogP contribution is -2.50. The Balaban J connectivity index is 1.43. The van der Waals surface area contributed by atoms with Crippen LogP contribution in [-0.4, -0.2) is 57.0 Å². The Bertz CT molecular complexity index is 890. The van der Waals surface area contributed by atoms with Gasteiger partial charge in [0, 0.05) is 43.5 Å². The minimum Gasteiger partial charge on any atom is -0.372 e. The Kier molecular flexibility index (Phi) is 7.76. The predicted molar refractivity (Wildman–Crippen MR) is 132 cm³/mol. The van der Waals surface area contributed by atoms with Gasteiger partial charge in [-0.05, 0) is 76.6 Å². The first-order valence-electron chi connectivity index (χ1n) is 12.4. The molecule has 1 aromatic carbocycles. The van der Waals surface area contributed by atoms with Gasteiger partial charge in [-0.3, -0.25) is 4.79 Å². The lowest BCUT2D eigenvalue weighted by atomic mass is 9.78. The van der Waals surface area contributed by atoms with Crippen molar-refractivity contribution in [3.05, 3.63) is 24.3 Å². The highest BCUT2D eigenvalue weighted by Gasteiger charge is 2.35. The van der Waals surface area contributed by atoms with E-state index in [4.69, 9.17) is 0 Å². The Hall–Kier alpha value is -2.02. The van der Waals surface area contributed by atoms with Gasteiger partial charge in [-0.2, -0.15) is 0 Å². The molecule has 2 aliphatic rings. The van der Waals surface area contributed by atoms with Crippen molar-refractivity contribution in [1.82, 2.24) is 19.7 Å². The van der Waals surface area contributed by atoms with Crippen LogP contribution in [0.4, 0.5) is 5.69 Å². The van der Waals surface area contributed by atoms with E-state index in [0.717, 1.165) is 55.1 Å². The third kappa shape index (κ3) is 4.82. The van der Waals surface area contributed by atoms with Crippen LogP contribution >= 0.6 is 11.8 Å². The predicted octanol–water partition coefficient (Wildman–Crippen LogP) is 5.08. The van der Waals surface area contributed by atoms with Gasteiger partial charge in [-0.15, -0.1) is 10.2 Å². The van der Waals surface area contributed by atoms with Gasteiger partial charge in [0.15, 0.2) is 11.0 Å². The summed E-state index contributed by atoms with van der Waals surface area (Å²) in [4.78, 5) is 17.6. The van der Waals surface area contributed by atoms with E-state index in [2.05, 4.69) is 69.6 Å². The number of anilines is 1. The average molecular weight is 456 g/mol. The highest BCUT2D eigenvalue weighted by molar-refractivity contribution is 7.99. The minimum atomic E-state index is 0.266. The fourth-order valence-corrected chi connectivity index (χ4v) is 6.34. The molecular formula is C25H37N5OS. The fourth-order valence-electron chi connectivity index (χ4n) is 5.45. The van der Waals surface area contributed by atoms with Gasteiger partial charge in [0.25, 0.3) is 0 Å². The Morgan fingerprint density at radius 3 is 2.47 bits per heavy atom. The number of rotatable bonds is 8. The summed E-state index contributed by atoms with van der Waals surface area (Å²) in [6.45, 7) is 10.2. The van der Waals surface area contributed by atoms with Gasteiger partial charge in [-0.1, -0.05) is 24.6 Å². The van der Waals surface area contributed by atoms with Crippen molar-refractivity contribution >= 4 is 23.4 Å². The minimum absolute atomic E-state index is 0.266. The molecule has 1 saturated carbocycles. The number of likely N-dealkylation sites (tertiary alicyclic amines) is 1. The summed E-state index contributed by atoms with van der Waals surface area (Å²) in [5, 5.41) is 9.76. The molecule has 4 rings (SSSR count). The number of fused-ring (bicyclic) bond motifs is 1. The van der Waals surface area contributed by atoms with Crippen LogP contribution < -0.4 is 4.90 Å². The second-order valence-corrected chi connectivity index (χ2v) is 9.84. The van der Waals surface area contributed by atoms with Crippen LogP contribution in [0.15, 0.2) is 29.4 Å². The van der Waals surface area contributed by atoms with E-state index in [9.17, 15) is 4.79 Å². The molecular weight excluding hydrogens is 418 g/mol. The van der Waals surface area contributed by atoms with Crippen LogP contribution in [-0.2, 0) is 11.3 Å². The van der Waals surface area contributed by atoms with Crippen LogP contribution in [0.25, 0.3) is 11.4 Å². The van der Waals surface area contributed by atoms with Crippen molar-refractivity contribution in [2.24, 2.45) is 5.92 Å². The number of nitrogens with zero attached hydrogens (tertiary/aromatic N) is 5. The zero-order valence-electron chi connectivity index (χ0n) is 19.8. The lowest BCUT2D eigenvalue weighted by Gasteiger charge is -2.44. The molecule has 1 saturated heterocycles. The van der Waals surface area contributed by atoms with Crippen LogP contribution in [0.5, 0.6) is 0 Å². The molecule has 2 heterocycles. The maximum atomic E-state index is 13.1. The van der Waals surface area contributed by atoms with Gasteiger partial charge >= 0.3 is 0 Å². The van der Waals surface area contributed by atoms with Crippen molar-refractivity contribution < 1.29 is 4.79 Å². The number of piperidine rings is 1. The van der Waals surface area contributed by atoms with E-state index in [-0.39, 0.29) is 5.91 Å². The highest BCUT2D eigenvalue weighted by atomic mass is 32.2. The molecule has 1 aromatic heterocycles. The van der Waals surface area contributed by atoms with Gasteiger partial charge in [0.1, 0.15) is 0 Å². The van der Waals surface area contributed by atoms with E-state index >= 15 is 0 Å². The number of thioether (sulfide) groups is 1. The normalized spacial score (nSPS) is 20.8. The Morgan fingerprint density at radius 2 is 1.75 bits per heavy atom. The van der Waals surface area contributed by atoms with Crippen LogP contribution in [0.3, 0.4) is 0 Å². The second-order valence-electron chi connectivity index (χ2n) is 8.90. The molecule has 32 heavy (non-hydrogen) atoms. The quantitative estimate of drug-likeness (QED) is 0.519. The van der Waals surface area contributed by atoms with E-state index in [1.54, 1.807) is 0 Å². The lowest BCUT2D eigenvalue weighted by molar-refractivity contribution is -0.134. The number of aromatic nitrogens is 3. The number of carbonyl (C=O) groups excluding carboxylic acids is 1. The monoisotopic (exact) mass is 455 g/mol. The Labute approximate surface area is 196 Å². The Morgan fingerprint density at radius 1 is 1.03 bits per heavy atom. The van der Waals surface area contributed by atoms with Crippen LogP contribution in [0.2, 0.25) is 0 Å². The van der Waals surface area contributed by atoms with Crippen molar-refractivity contribution in [1.29, 1.82) is 0 Å².